The minimum absolute atomic E-state index is 0.407. The highest BCUT2D eigenvalue weighted by Crippen LogP contribution is 2.26. The first-order valence-corrected chi connectivity index (χ1v) is 10.7. The summed E-state index contributed by atoms with van der Waals surface area (Å²) in [5, 5.41) is 5.58. The van der Waals surface area contributed by atoms with Crippen LogP contribution in [0.3, 0.4) is 0 Å². The molecule has 0 saturated carbocycles. The Kier molecular flexibility index (Phi) is 7.37. The number of ether oxygens (including phenoxy) is 2. The van der Waals surface area contributed by atoms with E-state index in [0.717, 1.165) is 22.5 Å². The number of hydrogen-bond acceptors (Lipinski definition) is 5. The van der Waals surface area contributed by atoms with Crippen molar-refractivity contribution in [1.82, 2.24) is 15.3 Å². The van der Waals surface area contributed by atoms with Gasteiger partial charge in [0.1, 0.15) is 11.4 Å². The standard InChI is InChI=1S/C25H30N4O4/c1-16-21(18-11-13-19(14-12-18)27-23(30)32-5)29-22(26-16)20(15-17-9-7-6-8-10-17)28-24(31)33-25(2,3)4/h6-14,20H,15H2,1-5H3,(H,26,29)(H,27,30)(H,28,31)/t20-/m0/s1. The number of aryl methyl sites for hydroxylation is 1. The highest BCUT2D eigenvalue weighted by atomic mass is 16.6. The fourth-order valence-corrected chi connectivity index (χ4v) is 3.33. The Bertz CT molecular complexity index is 1090. The summed E-state index contributed by atoms with van der Waals surface area (Å²) in [6.07, 6.45) is -0.482. The van der Waals surface area contributed by atoms with E-state index in [1.165, 1.54) is 7.11 Å². The van der Waals surface area contributed by atoms with Gasteiger partial charge in [-0.1, -0.05) is 42.5 Å². The number of alkyl carbamates (subject to hydrolysis) is 1. The molecule has 0 fully saturated rings. The molecule has 2 amide bonds. The van der Waals surface area contributed by atoms with Crippen LogP contribution in [0.25, 0.3) is 11.3 Å². The van der Waals surface area contributed by atoms with Gasteiger partial charge in [0.2, 0.25) is 0 Å². The van der Waals surface area contributed by atoms with Crippen molar-refractivity contribution >= 4 is 17.9 Å². The Morgan fingerprint density at radius 3 is 2.30 bits per heavy atom. The van der Waals surface area contributed by atoms with Crippen LogP contribution in [0.15, 0.2) is 54.6 Å². The van der Waals surface area contributed by atoms with Gasteiger partial charge >= 0.3 is 12.2 Å². The largest absolute Gasteiger partial charge is 0.453 e. The van der Waals surface area contributed by atoms with Crippen molar-refractivity contribution in [3.8, 4) is 11.3 Å². The SMILES string of the molecule is COC(=O)Nc1ccc(-c2nc([C@H](Cc3ccccc3)NC(=O)OC(C)(C)C)[nH]c2C)cc1. The van der Waals surface area contributed by atoms with E-state index in [-0.39, 0.29) is 0 Å². The lowest BCUT2D eigenvalue weighted by Crippen LogP contribution is -2.36. The number of nitrogens with one attached hydrogen (secondary N) is 3. The molecular weight excluding hydrogens is 420 g/mol. The second-order valence-corrected chi connectivity index (χ2v) is 8.68. The van der Waals surface area contributed by atoms with Crippen LogP contribution < -0.4 is 10.6 Å². The molecular formula is C25H30N4O4. The first-order valence-electron chi connectivity index (χ1n) is 10.7. The van der Waals surface area contributed by atoms with Gasteiger partial charge in [-0.15, -0.1) is 0 Å². The number of imidazole rings is 1. The second-order valence-electron chi connectivity index (χ2n) is 8.68. The lowest BCUT2D eigenvalue weighted by atomic mass is 10.1. The number of rotatable bonds is 6. The molecule has 2 aromatic carbocycles. The number of aromatic amines is 1. The van der Waals surface area contributed by atoms with Gasteiger partial charge < -0.3 is 19.8 Å². The molecule has 1 atom stereocenters. The van der Waals surface area contributed by atoms with Gasteiger partial charge in [0, 0.05) is 23.4 Å². The van der Waals surface area contributed by atoms with Gasteiger partial charge in [-0.05, 0) is 45.4 Å². The molecule has 33 heavy (non-hydrogen) atoms. The van der Waals surface area contributed by atoms with Gasteiger partial charge in [-0.3, -0.25) is 5.32 Å². The van der Waals surface area contributed by atoms with Gasteiger partial charge in [0.15, 0.2) is 0 Å². The number of H-pyrrole nitrogens is 1. The zero-order valence-corrected chi connectivity index (χ0v) is 19.6. The predicted molar refractivity (Wildman–Crippen MR) is 127 cm³/mol. The van der Waals surface area contributed by atoms with Crippen LogP contribution in [0, 0.1) is 6.92 Å². The molecule has 0 spiro atoms. The van der Waals surface area contributed by atoms with Crippen LogP contribution in [-0.2, 0) is 15.9 Å². The molecule has 0 saturated heterocycles. The molecule has 0 unspecified atom stereocenters. The fourth-order valence-electron chi connectivity index (χ4n) is 3.33. The zero-order chi connectivity index (χ0) is 24.0. The monoisotopic (exact) mass is 450 g/mol. The quantitative estimate of drug-likeness (QED) is 0.468. The first kappa shape index (κ1) is 23.8. The number of benzene rings is 2. The molecule has 3 aromatic rings. The average molecular weight is 451 g/mol. The number of hydrogen-bond donors (Lipinski definition) is 3. The summed E-state index contributed by atoms with van der Waals surface area (Å²) < 4.78 is 10.1. The Hall–Kier alpha value is -3.81. The maximum absolute atomic E-state index is 12.5. The topological polar surface area (TPSA) is 105 Å². The minimum Gasteiger partial charge on any atom is -0.453 e. The number of carbonyl (C=O) groups is 2. The van der Waals surface area contributed by atoms with Crippen LogP contribution in [0.1, 0.15) is 43.9 Å². The van der Waals surface area contributed by atoms with Crippen molar-refractivity contribution in [2.24, 2.45) is 0 Å². The molecule has 0 aliphatic heterocycles. The summed E-state index contributed by atoms with van der Waals surface area (Å²) in [7, 11) is 1.31. The summed E-state index contributed by atoms with van der Waals surface area (Å²) >= 11 is 0. The van der Waals surface area contributed by atoms with E-state index in [0.29, 0.717) is 17.9 Å². The maximum Gasteiger partial charge on any atom is 0.411 e. The van der Waals surface area contributed by atoms with Crippen LogP contribution in [0.5, 0.6) is 0 Å². The van der Waals surface area contributed by atoms with Gasteiger partial charge in [0.25, 0.3) is 0 Å². The maximum atomic E-state index is 12.5. The summed E-state index contributed by atoms with van der Waals surface area (Å²) in [4.78, 5) is 32.0. The molecule has 8 heteroatoms. The Balaban J connectivity index is 1.86. The third-order valence-electron chi connectivity index (χ3n) is 4.80. The van der Waals surface area contributed by atoms with Crippen molar-refractivity contribution in [3.05, 3.63) is 71.7 Å². The van der Waals surface area contributed by atoms with E-state index in [9.17, 15) is 9.59 Å². The Morgan fingerprint density at radius 2 is 1.70 bits per heavy atom. The minimum atomic E-state index is -0.606. The lowest BCUT2D eigenvalue weighted by Gasteiger charge is -2.23. The van der Waals surface area contributed by atoms with Gasteiger partial charge in [-0.25, -0.2) is 14.6 Å². The number of aromatic nitrogens is 2. The molecule has 0 bridgehead atoms. The fraction of sp³-hybridized carbons (Fsp3) is 0.320. The van der Waals surface area contributed by atoms with E-state index in [2.05, 4.69) is 20.4 Å². The number of amides is 2. The van der Waals surface area contributed by atoms with E-state index < -0.39 is 23.8 Å². The van der Waals surface area contributed by atoms with Crippen molar-refractivity contribution in [2.75, 3.05) is 12.4 Å². The molecule has 3 N–H and O–H groups in total. The van der Waals surface area contributed by atoms with E-state index in [1.807, 2.05) is 70.2 Å². The molecule has 1 aromatic heterocycles. The third-order valence-corrected chi connectivity index (χ3v) is 4.80. The lowest BCUT2D eigenvalue weighted by molar-refractivity contribution is 0.0501. The van der Waals surface area contributed by atoms with Crippen LogP contribution in [0.2, 0.25) is 0 Å². The van der Waals surface area contributed by atoms with Crippen molar-refractivity contribution in [2.45, 2.75) is 45.8 Å². The van der Waals surface area contributed by atoms with Crippen LogP contribution in [0.4, 0.5) is 15.3 Å². The molecule has 3 rings (SSSR count). The highest BCUT2D eigenvalue weighted by Gasteiger charge is 2.24. The molecule has 8 nitrogen and oxygen atoms in total. The number of carbonyl (C=O) groups excluding carboxylic acids is 2. The highest BCUT2D eigenvalue weighted by molar-refractivity contribution is 5.85. The van der Waals surface area contributed by atoms with Crippen molar-refractivity contribution < 1.29 is 19.1 Å². The summed E-state index contributed by atoms with van der Waals surface area (Å²) in [5.41, 5.74) is 3.58. The zero-order valence-electron chi connectivity index (χ0n) is 19.6. The van der Waals surface area contributed by atoms with Gasteiger partial charge in [0.05, 0.1) is 18.8 Å². The normalized spacial score (nSPS) is 12.0. The summed E-state index contributed by atoms with van der Waals surface area (Å²) in [6.45, 7) is 7.41. The molecule has 0 aliphatic rings. The summed E-state index contributed by atoms with van der Waals surface area (Å²) in [5.74, 6) is 0.633. The second kappa shape index (κ2) is 10.2. The Labute approximate surface area is 193 Å². The molecule has 0 aliphatic carbocycles. The molecule has 1 heterocycles. The predicted octanol–water partition coefficient (Wildman–Crippen LogP) is 5.37. The van der Waals surface area contributed by atoms with E-state index >= 15 is 0 Å². The average Bonchev–Trinajstić information content (AvgIpc) is 3.15. The van der Waals surface area contributed by atoms with E-state index in [4.69, 9.17) is 9.72 Å². The first-order chi connectivity index (χ1) is 15.6. The molecule has 174 valence electrons. The van der Waals surface area contributed by atoms with Crippen LogP contribution >= 0.6 is 0 Å². The number of anilines is 1. The van der Waals surface area contributed by atoms with E-state index in [1.54, 1.807) is 12.1 Å². The number of methoxy groups -OCH3 is 1. The van der Waals surface area contributed by atoms with Crippen LogP contribution in [-0.4, -0.2) is 34.9 Å². The molecule has 0 radical (unpaired) electrons. The Morgan fingerprint density at radius 1 is 1.03 bits per heavy atom. The number of nitrogens with zero attached hydrogens (tertiary/aromatic N) is 1. The van der Waals surface area contributed by atoms with Gasteiger partial charge in [-0.2, -0.15) is 0 Å². The smallest absolute Gasteiger partial charge is 0.411 e. The van der Waals surface area contributed by atoms with Crippen molar-refractivity contribution in [3.63, 3.8) is 0 Å². The van der Waals surface area contributed by atoms with Crippen molar-refractivity contribution in [1.29, 1.82) is 0 Å². The summed E-state index contributed by atoms with van der Waals surface area (Å²) in [6, 6.07) is 16.8. The third kappa shape index (κ3) is 6.83.